The van der Waals surface area contributed by atoms with E-state index < -0.39 is 6.17 Å². The monoisotopic (exact) mass is 400 g/mol. The average Bonchev–Trinajstić information content (AvgIpc) is 2.73. The highest BCUT2D eigenvalue weighted by atomic mass is 19.1. The molecule has 0 amide bonds. The summed E-state index contributed by atoms with van der Waals surface area (Å²) in [5.41, 5.74) is 2.17. The Labute approximate surface area is 176 Å². The molecule has 0 saturated carbocycles. The van der Waals surface area contributed by atoms with E-state index >= 15 is 0 Å². The van der Waals surface area contributed by atoms with E-state index in [1.165, 1.54) is 63.4 Å². The van der Waals surface area contributed by atoms with E-state index in [1.54, 1.807) is 6.92 Å². The summed E-state index contributed by atoms with van der Waals surface area (Å²) in [5.74, 6) is 1.47. The second-order valence-electron chi connectivity index (χ2n) is 7.94. The second kappa shape index (κ2) is 14.1. The molecule has 0 N–H and O–H groups in total. The van der Waals surface area contributed by atoms with Gasteiger partial charge in [-0.3, -0.25) is 0 Å². The first-order chi connectivity index (χ1) is 14.2. The van der Waals surface area contributed by atoms with Gasteiger partial charge >= 0.3 is 0 Å². The Morgan fingerprint density at radius 1 is 0.862 bits per heavy atom. The maximum atomic E-state index is 12.8. The van der Waals surface area contributed by atoms with Crippen molar-refractivity contribution >= 4 is 0 Å². The van der Waals surface area contributed by atoms with Crippen molar-refractivity contribution in [1.29, 1.82) is 0 Å². The van der Waals surface area contributed by atoms with Gasteiger partial charge in [-0.15, -0.1) is 0 Å². The third kappa shape index (κ3) is 9.87. The molecule has 0 radical (unpaired) electrons. The van der Waals surface area contributed by atoms with Crippen LogP contribution in [-0.2, 0) is 6.42 Å². The molecule has 160 valence electrons. The van der Waals surface area contributed by atoms with E-state index in [0.717, 1.165) is 23.6 Å². The van der Waals surface area contributed by atoms with Crippen LogP contribution in [0.15, 0.2) is 36.7 Å². The van der Waals surface area contributed by atoms with E-state index in [4.69, 9.17) is 4.74 Å². The lowest BCUT2D eigenvalue weighted by Gasteiger charge is -2.08. The van der Waals surface area contributed by atoms with Crippen molar-refractivity contribution < 1.29 is 9.13 Å². The number of benzene rings is 1. The Hall–Kier alpha value is -1.97. The number of halogens is 1. The van der Waals surface area contributed by atoms with Gasteiger partial charge in [-0.25, -0.2) is 14.4 Å². The highest BCUT2D eigenvalue weighted by molar-refractivity contribution is 5.55. The standard InChI is InChI=1S/C25H37FN2O/c1-3-4-5-6-7-8-9-10-11-12-22-19-27-25(28-20-22)23-13-15-24(16-14-23)29-18-17-21(2)26/h13-16,19-21H,3-12,17-18H2,1-2H3. The smallest absolute Gasteiger partial charge is 0.159 e. The number of rotatable bonds is 15. The Morgan fingerprint density at radius 2 is 1.45 bits per heavy atom. The van der Waals surface area contributed by atoms with Gasteiger partial charge < -0.3 is 4.74 Å². The Morgan fingerprint density at radius 3 is 2.03 bits per heavy atom. The predicted octanol–water partition coefficient (Wildman–Crippen LogP) is 7.34. The number of alkyl halides is 1. The van der Waals surface area contributed by atoms with Crippen LogP contribution in [0.4, 0.5) is 4.39 Å². The number of ether oxygens (including phenoxy) is 1. The highest BCUT2D eigenvalue weighted by Crippen LogP contribution is 2.20. The maximum absolute atomic E-state index is 12.8. The second-order valence-corrected chi connectivity index (χ2v) is 7.94. The molecule has 1 heterocycles. The fraction of sp³-hybridized carbons (Fsp3) is 0.600. The van der Waals surface area contributed by atoms with Crippen LogP contribution in [0.2, 0.25) is 0 Å². The fourth-order valence-electron chi connectivity index (χ4n) is 3.31. The normalized spacial score (nSPS) is 12.1. The van der Waals surface area contributed by atoms with Crippen LogP contribution in [0, 0.1) is 0 Å². The summed E-state index contributed by atoms with van der Waals surface area (Å²) >= 11 is 0. The molecule has 0 spiro atoms. The quantitative estimate of drug-likeness (QED) is 0.293. The summed E-state index contributed by atoms with van der Waals surface area (Å²) < 4.78 is 18.4. The third-order valence-corrected chi connectivity index (χ3v) is 5.17. The van der Waals surface area contributed by atoms with E-state index in [0.29, 0.717) is 13.0 Å². The molecule has 0 aliphatic rings. The molecule has 1 aromatic carbocycles. The molecule has 0 bridgehead atoms. The van der Waals surface area contributed by atoms with Crippen molar-refractivity contribution in [2.75, 3.05) is 6.61 Å². The van der Waals surface area contributed by atoms with Crippen LogP contribution in [0.5, 0.6) is 5.75 Å². The topological polar surface area (TPSA) is 35.0 Å². The van der Waals surface area contributed by atoms with Gasteiger partial charge in [-0.05, 0) is 49.6 Å². The van der Waals surface area contributed by atoms with Gasteiger partial charge in [0.05, 0.1) is 6.61 Å². The fourth-order valence-corrected chi connectivity index (χ4v) is 3.31. The molecule has 3 nitrogen and oxygen atoms in total. The van der Waals surface area contributed by atoms with Crippen LogP contribution in [0.3, 0.4) is 0 Å². The SMILES string of the molecule is CCCCCCCCCCCc1cnc(-c2ccc(OCCC(C)F)cc2)nc1. The predicted molar refractivity (Wildman–Crippen MR) is 119 cm³/mol. The molecule has 2 aromatic rings. The Bertz CT molecular complexity index is 656. The molecule has 0 saturated heterocycles. The van der Waals surface area contributed by atoms with Crippen molar-refractivity contribution in [3.63, 3.8) is 0 Å². The zero-order chi connectivity index (χ0) is 20.7. The molecule has 0 aliphatic carbocycles. The summed E-state index contributed by atoms with van der Waals surface area (Å²) in [7, 11) is 0. The summed E-state index contributed by atoms with van der Waals surface area (Å²) in [6.45, 7) is 4.20. The number of nitrogens with zero attached hydrogens (tertiary/aromatic N) is 2. The number of aromatic nitrogens is 2. The zero-order valence-electron chi connectivity index (χ0n) is 18.2. The number of unbranched alkanes of at least 4 members (excludes halogenated alkanes) is 8. The summed E-state index contributed by atoms with van der Waals surface area (Å²) in [5, 5.41) is 0. The Kier molecular flexibility index (Phi) is 11.3. The largest absolute Gasteiger partial charge is 0.493 e. The summed E-state index contributed by atoms with van der Waals surface area (Å²) in [6, 6.07) is 7.67. The average molecular weight is 401 g/mol. The number of aryl methyl sites for hydroxylation is 1. The van der Waals surface area contributed by atoms with Crippen LogP contribution >= 0.6 is 0 Å². The van der Waals surface area contributed by atoms with Crippen LogP contribution in [0.25, 0.3) is 11.4 Å². The first kappa shape index (κ1) is 23.3. The van der Waals surface area contributed by atoms with Crippen molar-refractivity contribution in [2.45, 2.75) is 90.6 Å². The minimum Gasteiger partial charge on any atom is -0.493 e. The molecular formula is C25H37FN2O. The molecule has 4 heteroatoms. The van der Waals surface area contributed by atoms with Gasteiger partial charge in [0.15, 0.2) is 5.82 Å². The minimum absolute atomic E-state index is 0.390. The van der Waals surface area contributed by atoms with Gasteiger partial charge in [-0.2, -0.15) is 0 Å². The van der Waals surface area contributed by atoms with Gasteiger partial charge in [-0.1, -0.05) is 58.3 Å². The van der Waals surface area contributed by atoms with Crippen molar-refractivity contribution in [1.82, 2.24) is 9.97 Å². The van der Waals surface area contributed by atoms with Gasteiger partial charge in [0.25, 0.3) is 0 Å². The van der Waals surface area contributed by atoms with Crippen LogP contribution in [0.1, 0.15) is 83.6 Å². The van der Waals surface area contributed by atoms with E-state index in [2.05, 4.69) is 16.9 Å². The third-order valence-electron chi connectivity index (χ3n) is 5.17. The van der Waals surface area contributed by atoms with Crippen LogP contribution in [-0.4, -0.2) is 22.7 Å². The molecular weight excluding hydrogens is 363 g/mol. The molecule has 1 atom stereocenters. The van der Waals surface area contributed by atoms with Gasteiger partial charge in [0.2, 0.25) is 0 Å². The molecule has 0 fully saturated rings. The lowest BCUT2D eigenvalue weighted by Crippen LogP contribution is -2.03. The Balaban J connectivity index is 1.66. The highest BCUT2D eigenvalue weighted by Gasteiger charge is 2.04. The van der Waals surface area contributed by atoms with Crippen molar-refractivity contribution in [2.24, 2.45) is 0 Å². The van der Waals surface area contributed by atoms with Crippen LogP contribution < -0.4 is 4.74 Å². The number of hydrogen-bond acceptors (Lipinski definition) is 3. The van der Waals surface area contributed by atoms with Crippen molar-refractivity contribution in [3.8, 4) is 17.1 Å². The van der Waals surface area contributed by atoms with Gasteiger partial charge in [0, 0.05) is 24.4 Å². The lowest BCUT2D eigenvalue weighted by molar-refractivity contribution is 0.247. The number of hydrogen-bond donors (Lipinski definition) is 0. The van der Waals surface area contributed by atoms with Crippen molar-refractivity contribution in [3.05, 3.63) is 42.2 Å². The first-order valence-electron chi connectivity index (χ1n) is 11.4. The maximum Gasteiger partial charge on any atom is 0.159 e. The molecule has 1 unspecified atom stereocenters. The first-order valence-corrected chi connectivity index (χ1v) is 11.4. The molecule has 2 rings (SSSR count). The van der Waals surface area contributed by atoms with E-state index in [1.807, 2.05) is 36.7 Å². The van der Waals surface area contributed by atoms with E-state index in [9.17, 15) is 4.39 Å². The van der Waals surface area contributed by atoms with E-state index in [-0.39, 0.29) is 0 Å². The van der Waals surface area contributed by atoms with Gasteiger partial charge in [0.1, 0.15) is 11.9 Å². The molecule has 0 aliphatic heterocycles. The summed E-state index contributed by atoms with van der Waals surface area (Å²) in [6.07, 6.45) is 16.6. The molecule has 1 aromatic heterocycles. The zero-order valence-corrected chi connectivity index (χ0v) is 18.2. The minimum atomic E-state index is -0.836. The summed E-state index contributed by atoms with van der Waals surface area (Å²) in [4.78, 5) is 9.04. The lowest BCUT2D eigenvalue weighted by atomic mass is 10.1. The molecule has 29 heavy (non-hydrogen) atoms.